The van der Waals surface area contributed by atoms with Crippen molar-refractivity contribution in [3.05, 3.63) is 42.3 Å². The molecule has 3 heteroatoms. The van der Waals surface area contributed by atoms with E-state index in [1.54, 1.807) is 0 Å². The summed E-state index contributed by atoms with van der Waals surface area (Å²) in [5.74, 6) is 1.38. The first kappa shape index (κ1) is 11.0. The molecule has 0 atom stereocenters. The molecule has 1 aromatic heterocycles. The van der Waals surface area contributed by atoms with Crippen molar-refractivity contribution in [1.82, 2.24) is 10.3 Å². The second-order valence-corrected chi connectivity index (χ2v) is 5.21. The topological polar surface area (TPSA) is 38.1 Å². The first-order valence-electron chi connectivity index (χ1n) is 6.91. The van der Waals surface area contributed by atoms with E-state index >= 15 is 0 Å². The van der Waals surface area contributed by atoms with Gasteiger partial charge >= 0.3 is 0 Å². The fourth-order valence-corrected chi connectivity index (χ4v) is 2.92. The first-order valence-corrected chi connectivity index (χ1v) is 6.91. The van der Waals surface area contributed by atoms with E-state index in [0.29, 0.717) is 5.92 Å². The molecule has 1 fully saturated rings. The van der Waals surface area contributed by atoms with E-state index in [2.05, 4.69) is 35.6 Å². The lowest BCUT2D eigenvalue weighted by molar-refractivity contribution is 0.385. The van der Waals surface area contributed by atoms with Crippen LogP contribution in [0.1, 0.15) is 24.7 Å². The molecule has 1 saturated heterocycles. The van der Waals surface area contributed by atoms with Crippen molar-refractivity contribution in [2.45, 2.75) is 18.8 Å². The molecule has 3 aromatic rings. The van der Waals surface area contributed by atoms with Gasteiger partial charge in [0.15, 0.2) is 11.5 Å². The lowest BCUT2D eigenvalue weighted by Gasteiger charge is -2.19. The van der Waals surface area contributed by atoms with Crippen molar-refractivity contribution < 1.29 is 4.42 Å². The second-order valence-electron chi connectivity index (χ2n) is 5.21. The molecule has 0 spiro atoms. The summed E-state index contributed by atoms with van der Waals surface area (Å²) in [5.41, 5.74) is 1.92. The minimum absolute atomic E-state index is 0.465. The number of rotatable bonds is 1. The van der Waals surface area contributed by atoms with Crippen LogP contribution in [-0.4, -0.2) is 18.1 Å². The number of aromatic nitrogens is 1. The van der Waals surface area contributed by atoms with Crippen molar-refractivity contribution in [1.29, 1.82) is 0 Å². The Bertz CT molecular complexity index is 726. The van der Waals surface area contributed by atoms with Crippen molar-refractivity contribution >= 4 is 21.9 Å². The molecule has 1 N–H and O–H groups in total. The van der Waals surface area contributed by atoms with Crippen LogP contribution >= 0.6 is 0 Å². The summed E-state index contributed by atoms with van der Waals surface area (Å²) in [4.78, 5) is 4.77. The third kappa shape index (κ3) is 1.81. The van der Waals surface area contributed by atoms with Gasteiger partial charge in [-0.15, -0.1) is 0 Å². The zero-order chi connectivity index (χ0) is 12.7. The highest BCUT2D eigenvalue weighted by Gasteiger charge is 2.21. The van der Waals surface area contributed by atoms with Gasteiger partial charge in [0.2, 0.25) is 0 Å². The summed E-state index contributed by atoms with van der Waals surface area (Å²) >= 11 is 0. The highest BCUT2D eigenvalue weighted by Crippen LogP contribution is 2.31. The number of nitrogens with one attached hydrogen (secondary N) is 1. The van der Waals surface area contributed by atoms with E-state index < -0.39 is 0 Å². The number of nitrogens with zero attached hydrogens (tertiary/aromatic N) is 1. The predicted molar refractivity (Wildman–Crippen MR) is 76.4 cm³/mol. The minimum Gasteiger partial charge on any atom is -0.440 e. The summed E-state index contributed by atoms with van der Waals surface area (Å²) in [7, 11) is 0. The highest BCUT2D eigenvalue weighted by atomic mass is 16.3. The van der Waals surface area contributed by atoms with Crippen LogP contribution in [0, 0.1) is 0 Å². The molecule has 1 aliphatic heterocycles. The van der Waals surface area contributed by atoms with Crippen molar-refractivity contribution in [2.24, 2.45) is 0 Å². The number of oxazole rings is 1. The quantitative estimate of drug-likeness (QED) is 0.721. The largest absolute Gasteiger partial charge is 0.440 e. The molecule has 2 heterocycles. The Labute approximate surface area is 111 Å². The Kier molecular flexibility index (Phi) is 2.52. The molecule has 19 heavy (non-hydrogen) atoms. The fraction of sp³-hybridized carbons (Fsp3) is 0.312. The third-order valence-corrected chi connectivity index (χ3v) is 3.99. The maximum atomic E-state index is 5.98. The fourth-order valence-electron chi connectivity index (χ4n) is 2.92. The van der Waals surface area contributed by atoms with E-state index in [1.807, 2.05) is 6.07 Å². The minimum atomic E-state index is 0.465. The summed E-state index contributed by atoms with van der Waals surface area (Å²) in [6, 6.07) is 12.5. The molecular formula is C16H16N2O. The number of hydrogen-bond acceptors (Lipinski definition) is 3. The maximum absolute atomic E-state index is 5.98. The molecule has 1 aliphatic rings. The molecule has 4 rings (SSSR count). The van der Waals surface area contributed by atoms with Gasteiger partial charge in [0, 0.05) is 11.3 Å². The molecule has 3 nitrogen and oxygen atoms in total. The third-order valence-electron chi connectivity index (χ3n) is 3.99. The number of hydrogen-bond donors (Lipinski definition) is 1. The van der Waals surface area contributed by atoms with E-state index in [1.165, 1.54) is 10.8 Å². The maximum Gasteiger partial charge on any atom is 0.198 e. The Balaban J connectivity index is 1.88. The van der Waals surface area contributed by atoms with E-state index in [0.717, 1.165) is 42.9 Å². The molecular weight excluding hydrogens is 236 g/mol. The molecule has 0 amide bonds. The molecule has 0 saturated carbocycles. The average molecular weight is 252 g/mol. The lowest BCUT2D eigenvalue weighted by atomic mass is 9.98. The van der Waals surface area contributed by atoms with Crippen LogP contribution in [0.15, 0.2) is 40.8 Å². The van der Waals surface area contributed by atoms with Gasteiger partial charge in [-0.25, -0.2) is 4.98 Å². The van der Waals surface area contributed by atoms with Gasteiger partial charge in [0.25, 0.3) is 0 Å². The zero-order valence-electron chi connectivity index (χ0n) is 10.7. The highest BCUT2D eigenvalue weighted by molar-refractivity contribution is 6.03. The van der Waals surface area contributed by atoms with Crippen LogP contribution < -0.4 is 5.32 Å². The summed E-state index contributed by atoms with van der Waals surface area (Å²) in [5, 5.41) is 5.78. The first-order chi connectivity index (χ1) is 9.42. The van der Waals surface area contributed by atoms with Crippen LogP contribution in [0.3, 0.4) is 0 Å². The standard InChI is InChI=1S/C16H16N2O/c1-2-4-13-11(3-1)5-6-14-15(13)18-16(19-14)12-7-9-17-10-8-12/h1-6,12,17H,7-10H2. The summed E-state index contributed by atoms with van der Waals surface area (Å²) in [6.45, 7) is 2.12. The van der Waals surface area contributed by atoms with Gasteiger partial charge in [-0.05, 0) is 37.4 Å². The van der Waals surface area contributed by atoms with Gasteiger partial charge in [-0.1, -0.05) is 30.3 Å². The summed E-state index contributed by atoms with van der Waals surface area (Å²) < 4.78 is 5.98. The van der Waals surface area contributed by atoms with Crippen LogP contribution in [-0.2, 0) is 0 Å². The molecule has 96 valence electrons. The Morgan fingerprint density at radius 1 is 1.05 bits per heavy atom. The predicted octanol–water partition coefficient (Wildman–Crippen LogP) is 3.45. The van der Waals surface area contributed by atoms with Crippen LogP contribution in [0.25, 0.3) is 21.9 Å². The smallest absolute Gasteiger partial charge is 0.198 e. The van der Waals surface area contributed by atoms with Gasteiger partial charge in [0.05, 0.1) is 0 Å². The Hall–Kier alpha value is -1.87. The van der Waals surface area contributed by atoms with Gasteiger partial charge < -0.3 is 9.73 Å². The zero-order valence-corrected chi connectivity index (χ0v) is 10.7. The number of piperidine rings is 1. The van der Waals surface area contributed by atoms with E-state index in [9.17, 15) is 0 Å². The van der Waals surface area contributed by atoms with Crippen molar-refractivity contribution in [3.8, 4) is 0 Å². The van der Waals surface area contributed by atoms with Crippen molar-refractivity contribution in [3.63, 3.8) is 0 Å². The van der Waals surface area contributed by atoms with Crippen LogP contribution in [0.2, 0.25) is 0 Å². The van der Waals surface area contributed by atoms with E-state index in [-0.39, 0.29) is 0 Å². The summed E-state index contributed by atoms with van der Waals surface area (Å²) in [6.07, 6.45) is 2.23. The van der Waals surface area contributed by atoms with Gasteiger partial charge in [-0.3, -0.25) is 0 Å². The normalized spacial score (nSPS) is 17.3. The monoisotopic (exact) mass is 252 g/mol. The number of fused-ring (bicyclic) bond motifs is 3. The molecule has 0 aliphatic carbocycles. The second kappa shape index (κ2) is 4.35. The molecule has 0 bridgehead atoms. The van der Waals surface area contributed by atoms with Crippen LogP contribution in [0.5, 0.6) is 0 Å². The van der Waals surface area contributed by atoms with Crippen LogP contribution in [0.4, 0.5) is 0 Å². The molecule has 0 radical (unpaired) electrons. The lowest BCUT2D eigenvalue weighted by Crippen LogP contribution is -2.26. The van der Waals surface area contributed by atoms with Crippen molar-refractivity contribution in [2.75, 3.05) is 13.1 Å². The average Bonchev–Trinajstić information content (AvgIpc) is 2.93. The van der Waals surface area contributed by atoms with Gasteiger partial charge in [-0.2, -0.15) is 0 Å². The Morgan fingerprint density at radius 2 is 1.89 bits per heavy atom. The molecule has 0 unspecified atom stereocenters. The van der Waals surface area contributed by atoms with E-state index in [4.69, 9.17) is 9.40 Å². The van der Waals surface area contributed by atoms with Gasteiger partial charge in [0.1, 0.15) is 5.52 Å². The number of benzene rings is 2. The SMILES string of the molecule is c1ccc2c(c1)ccc1oc(C3CCNCC3)nc12. The Morgan fingerprint density at radius 3 is 2.79 bits per heavy atom. The molecule has 2 aromatic carbocycles.